The van der Waals surface area contributed by atoms with Gasteiger partial charge >= 0.3 is 0 Å². The van der Waals surface area contributed by atoms with Crippen molar-refractivity contribution in [1.29, 1.82) is 0 Å². The molecule has 0 aliphatic carbocycles. The maximum atomic E-state index is 12.3. The van der Waals surface area contributed by atoms with Gasteiger partial charge < -0.3 is 14.2 Å². The average Bonchev–Trinajstić information content (AvgIpc) is 3.21. The number of ether oxygens (including phenoxy) is 3. The van der Waals surface area contributed by atoms with Gasteiger partial charge in [0.05, 0.1) is 42.8 Å². The maximum absolute atomic E-state index is 12.3. The van der Waals surface area contributed by atoms with Gasteiger partial charge in [-0.05, 0) is 48.6 Å². The van der Waals surface area contributed by atoms with Crippen molar-refractivity contribution in [3.05, 3.63) is 63.8 Å². The maximum Gasteiger partial charge on any atom is 0.203 e. The molecule has 6 nitrogen and oxygen atoms in total. The second kappa shape index (κ2) is 9.03. The van der Waals surface area contributed by atoms with Gasteiger partial charge in [0.25, 0.3) is 0 Å². The fourth-order valence-corrected chi connectivity index (χ4v) is 3.01. The molecule has 0 bridgehead atoms. The SMILES string of the molecule is COc1cc(-c2cc(/C=C/C(=O)c3ccc(Cl)c(Cl)c3)[nH]n2)cc(OC)c1OC. The minimum absolute atomic E-state index is 0.201. The van der Waals surface area contributed by atoms with Gasteiger partial charge in [-0.3, -0.25) is 9.89 Å². The summed E-state index contributed by atoms with van der Waals surface area (Å²) < 4.78 is 16.1. The van der Waals surface area contributed by atoms with Crippen molar-refractivity contribution in [3.63, 3.8) is 0 Å². The van der Waals surface area contributed by atoms with Crippen LogP contribution in [0, 0.1) is 0 Å². The first-order valence-corrected chi connectivity index (χ1v) is 9.25. The molecule has 0 fully saturated rings. The number of benzene rings is 2. The minimum Gasteiger partial charge on any atom is -0.493 e. The number of carbonyl (C=O) groups is 1. The van der Waals surface area contributed by atoms with Crippen molar-refractivity contribution < 1.29 is 19.0 Å². The summed E-state index contributed by atoms with van der Waals surface area (Å²) in [4.78, 5) is 12.3. The Bertz CT molecular complexity index is 1050. The molecule has 0 spiro atoms. The van der Waals surface area contributed by atoms with Crippen LogP contribution in [-0.2, 0) is 0 Å². The monoisotopic (exact) mass is 432 g/mol. The molecule has 1 aromatic heterocycles. The van der Waals surface area contributed by atoms with Crippen LogP contribution in [0.25, 0.3) is 17.3 Å². The van der Waals surface area contributed by atoms with E-state index in [1.165, 1.54) is 12.1 Å². The van der Waals surface area contributed by atoms with E-state index >= 15 is 0 Å². The number of halogens is 2. The molecule has 0 aliphatic heterocycles. The summed E-state index contributed by atoms with van der Waals surface area (Å²) in [7, 11) is 4.64. The van der Waals surface area contributed by atoms with Crippen LogP contribution in [0.15, 0.2) is 42.5 Å². The number of aromatic amines is 1. The predicted octanol–water partition coefficient (Wildman–Crippen LogP) is 5.31. The molecule has 150 valence electrons. The fourth-order valence-electron chi connectivity index (χ4n) is 2.71. The van der Waals surface area contributed by atoms with Crippen LogP contribution in [-0.4, -0.2) is 37.3 Å². The Balaban J connectivity index is 1.84. The molecule has 3 aromatic rings. The summed E-state index contributed by atoms with van der Waals surface area (Å²) >= 11 is 11.8. The number of H-pyrrole nitrogens is 1. The minimum atomic E-state index is -0.201. The van der Waals surface area contributed by atoms with Gasteiger partial charge in [-0.1, -0.05) is 23.2 Å². The molecule has 0 aliphatic rings. The number of hydrogen-bond donors (Lipinski definition) is 1. The Morgan fingerprint density at radius 3 is 2.24 bits per heavy atom. The molecule has 0 saturated carbocycles. The molecule has 2 aromatic carbocycles. The van der Waals surface area contributed by atoms with E-state index in [1.807, 2.05) is 0 Å². The molecule has 3 rings (SSSR count). The van der Waals surface area contributed by atoms with Gasteiger partial charge in [-0.15, -0.1) is 0 Å². The van der Waals surface area contributed by atoms with Crippen molar-refractivity contribution in [1.82, 2.24) is 10.2 Å². The second-order valence-corrected chi connectivity index (χ2v) is 6.76. The van der Waals surface area contributed by atoms with Crippen LogP contribution in [0.2, 0.25) is 10.0 Å². The Kier molecular flexibility index (Phi) is 6.46. The fraction of sp³-hybridized carbons (Fsp3) is 0.143. The third-order valence-corrected chi connectivity index (χ3v) is 4.92. The lowest BCUT2D eigenvalue weighted by atomic mass is 10.1. The lowest BCUT2D eigenvalue weighted by Gasteiger charge is -2.13. The number of allylic oxidation sites excluding steroid dienone is 1. The van der Waals surface area contributed by atoms with Gasteiger partial charge in [-0.2, -0.15) is 5.10 Å². The predicted molar refractivity (Wildman–Crippen MR) is 114 cm³/mol. The molecular formula is C21H18Cl2N2O4. The highest BCUT2D eigenvalue weighted by Gasteiger charge is 2.15. The average molecular weight is 433 g/mol. The van der Waals surface area contributed by atoms with Gasteiger partial charge in [0.15, 0.2) is 17.3 Å². The quantitative estimate of drug-likeness (QED) is 0.404. The number of hydrogen-bond acceptors (Lipinski definition) is 5. The second-order valence-electron chi connectivity index (χ2n) is 5.95. The van der Waals surface area contributed by atoms with Crippen molar-refractivity contribution in [2.75, 3.05) is 21.3 Å². The van der Waals surface area contributed by atoms with Gasteiger partial charge in [0, 0.05) is 11.1 Å². The zero-order valence-electron chi connectivity index (χ0n) is 16.0. The first-order chi connectivity index (χ1) is 14.0. The smallest absolute Gasteiger partial charge is 0.203 e. The van der Waals surface area contributed by atoms with E-state index in [0.717, 1.165) is 5.56 Å². The zero-order valence-corrected chi connectivity index (χ0v) is 17.5. The molecule has 29 heavy (non-hydrogen) atoms. The van der Waals surface area contributed by atoms with E-state index in [2.05, 4.69) is 10.2 Å². The molecule has 0 radical (unpaired) electrons. The lowest BCUT2D eigenvalue weighted by Crippen LogP contribution is -1.95. The summed E-state index contributed by atoms with van der Waals surface area (Å²) in [6.07, 6.45) is 3.07. The Morgan fingerprint density at radius 2 is 1.66 bits per heavy atom. The lowest BCUT2D eigenvalue weighted by molar-refractivity contribution is 0.104. The summed E-state index contributed by atoms with van der Waals surface area (Å²) in [5, 5.41) is 7.91. The van der Waals surface area contributed by atoms with E-state index in [9.17, 15) is 4.79 Å². The van der Waals surface area contributed by atoms with Gasteiger partial charge in [0.2, 0.25) is 5.75 Å². The summed E-state index contributed by atoms with van der Waals surface area (Å²) in [6, 6.07) is 10.1. The summed E-state index contributed by atoms with van der Waals surface area (Å²) in [6.45, 7) is 0. The van der Waals surface area contributed by atoms with Crippen molar-refractivity contribution >= 4 is 35.1 Å². The van der Waals surface area contributed by atoms with Crippen LogP contribution < -0.4 is 14.2 Å². The molecular weight excluding hydrogens is 415 g/mol. The van der Waals surface area contributed by atoms with Crippen molar-refractivity contribution in [2.45, 2.75) is 0 Å². The summed E-state index contributed by atoms with van der Waals surface area (Å²) in [5.41, 5.74) is 2.53. The van der Waals surface area contributed by atoms with E-state index < -0.39 is 0 Å². The number of nitrogens with one attached hydrogen (secondary N) is 1. The third-order valence-electron chi connectivity index (χ3n) is 4.18. The number of nitrogens with zero attached hydrogens (tertiary/aromatic N) is 1. The van der Waals surface area contributed by atoms with Crippen molar-refractivity contribution in [3.8, 4) is 28.5 Å². The van der Waals surface area contributed by atoms with Crippen LogP contribution >= 0.6 is 23.2 Å². The van der Waals surface area contributed by atoms with Gasteiger partial charge in [0.1, 0.15) is 0 Å². The first kappa shape index (κ1) is 20.8. The Labute approximate surface area is 178 Å². The highest BCUT2D eigenvalue weighted by molar-refractivity contribution is 6.42. The molecule has 0 atom stereocenters. The molecule has 0 unspecified atom stereocenters. The molecule has 0 amide bonds. The normalized spacial score (nSPS) is 10.9. The van der Waals surface area contributed by atoms with Crippen LogP contribution in [0.5, 0.6) is 17.2 Å². The highest BCUT2D eigenvalue weighted by atomic mass is 35.5. The van der Waals surface area contributed by atoms with E-state index in [-0.39, 0.29) is 5.78 Å². The Morgan fingerprint density at radius 1 is 0.966 bits per heavy atom. The topological polar surface area (TPSA) is 73.4 Å². The molecule has 0 saturated heterocycles. The van der Waals surface area contributed by atoms with E-state index in [1.54, 1.807) is 57.7 Å². The zero-order chi connectivity index (χ0) is 21.0. The van der Waals surface area contributed by atoms with E-state index in [4.69, 9.17) is 37.4 Å². The number of rotatable bonds is 7. The van der Waals surface area contributed by atoms with Crippen molar-refractivity contribution in [2.24, 2.45) is 0 Å². The van der Waals surface area contributed by atoms with E-state index in [0.29, 0.717) is 44.2 Å². The number of ketones is 1. The first-order valence-electron chi connectivity index (χ1n) is 8.50. The summed E-state index contributed by atoms with van der Waals surface area (Å²) in [5.74, 6) is 1.35. The standard InChI is InChI=1S/C21H18Cl2N2O4/c1-27-19-9-13(10-20(28-2)21(19)29-3)17-11-14(24-25-17)5-7-18(26)12-4-6-15(22)16(23)8-12/h4-11H,1-3H3,(H,24,25)/b7-5+. The molecule has 1 heterocycles. The van der Waals surface area contributed by atoms with Gasteiger partial charge in [-0.25, -0.2) is 0 Å². The van der Waals surface area contributed by atoms with Crippen LogP contribution in [0.1, 0.15) is 16.1 Å². The largest absolute Gasteiger partial charge is 0.493 e. The third kappa shape index (κ3) is 4.55. The van der Waals surface area contributed by atoms with Crippen LogP contribution in [0.3, 0.4) is 0 Å². The Hall–Kier alpha value is -2.96. The number of methoxy groups -OCH3 is 3. The number of aromatic nitrogens is 2. The highest BCUT2D eigenvalue weighted by Crippen LogP contribution is 2.40. The van der Waals surface area contributed by atoms with Crippen LogP contribution in [0.4, 0.5) is 0 Å². The number of carbonyl (C=O) groups excluding carboxylic acids is 1. The molecule has 1 N–H and O–H groups in total. The molecule has 8 heteroatoms.